The Bertz CT molecular complexity index is 389. The highest BCUT2D eigenvalue weighted by Gasteiger charge is 2.04. The first-order chi connectivity index (χ1) is 9.26. The fourth-order valence-electron chi connectivity index (χ4n) is 1.59. The van der Waals surface area contributed by atoms with Crippen LogP contribution in [-0.2, 0) is 4.74 Å². The van der Waals surface area contributed by atoms with Crippen molar-refractivity contribution in [3.63, 3.8) is 0 Å². The van der Waals surface area contributed by atoms with Gasteiger partial charge in [0.25, 0.3) is 0 Å². The number of hydrogen-bond donors (Lipinski definition) is 0. The molecular weight excluding hydrogens is 308 g/mol. The van der Waals surface area contributed by atoms with Gasteiger partial charge in [-0.3, -0.25) is 4.90 Å². The zero-order chi connectivity index (χ0) is 13.9. The van der Waals surface area contributed by atoms with Crippen LogP contribution in [0.15, 0.2) is 28.7 Å². The lowest BCUT2D eigenvalue weighted by Crippen LogP contribution is -2.32. The molecule has 5 heteroatoms. The van der Waals surface area contributed by atoms with Gasteiger partial charge < -0.3 is 9.47 Å². The van der Waals surface area contributed by atoms with E-state index in [4.69, 9.17) is 14.7 Å². The first kappa shape index (κ1) is 16.0. The van der Waals surface area contributed by atoms with Crippen molar-refractivity contribution in [2.75, 3.05) is 40.0 Å². The molecule has 0 N–H and O–H groups in total. The highest BCUT2D eigenvalue weighted by Crippen LogP contribution is 2.15. The minimum absolute atomic E-state index is 0.530. The lowest BCUT2D eigenvalue weighted by atomic mass is 10.3. The van der Waals surface area contributed by atoms with E-state index in [1.807, 2.05) is 24.3 Å². The molecule has 0 saturated carbocycles. The largest absolute Gasteiger partial charge is 0.492 e. The zero-order valence-corrected chi connectivity index (χ0v) is 12.7. The first-order valence-electron chi connectivity index (χ1n) is 6.23. The lowest BCUT2D eigenvalue weighted by molar-refractivity contribution is 0.136. The van der Waals surface area contributed by atoms with E-state index in [0.29, 0.717) is 19.6 Å². The number of benzene rings is 1. The molecule has 0 unspecified atom stereocenters. The van der Waals surface area contributed by atoms with Gasteiger partial charge >= 0.3 is 0 Å². The van der Waals surface area contributed by atoms with Gasteiger partial charge in [0, 0.05) is 37.6 Å². The van der Waals surface area contributed by atoms with Crippen LogP contribution in [-0.4, -0.2) is 44.9 Å². The average molecular weight is 327 g/mol. The van der Waals surface area contributed by atoms with Gasteiger partial charge in [-0.25, -0.2) is 0 Å². The number of rotatable bonds is 9. The van der Waals surface area contributed by atoms with Gasteiger partial charge in [-0.2, -0.15) is 5.26 Å². The molecule has 0 saturated heterocycles. The van der Waals surface area contributed by atoms with Crippen LogP contribution in [0.1, 0.15) is 6.42 Å². The minimum atomic E-state index is 0.530. The number of halogens is 1. The van der Waals surface area contributed by atoms with Crippen molar-refractivity contribution in [2.45, 2.75) is 6.42 Å². The average Bonchev–Trinajstić information content (AvgIpc) is 2.43. The Hall–Kier alpha value is -1.09. The number of nitrogens with zero attached hydrogens (tertiary/aromatic N) is 2. The van der Waals surface area contributed by atoms with Crippen molar-refractivity contribution in [3.8, 4) is 11.8 Å². The van der Waals surface area contributed by atoms with Gasteiger partial charge in [-0.1, -0.05) is 15.9 Å². The Morgan fingerprint density at radius 1 is 1.16 bits per heavy atom. The predicted molar refractivity (Wildman–Crippen MR) is 78.2 cm³/mol. The van der Waals surface area contributed by atoms with Gasteiger partial charge in [-0.15, -0.1) is 0 Å². The summed E-state index contributed by atoms with van der Waals surface area (Å²) in [6.45, 7) is 3.65. The molecular formula is C14H19BrN2O2. The predicted octanol–water partition coefficient (Wildman–Crippen LogP) is 2.69. The molecule has 1 aromatic rings. The van der Waals surface area contributed by atoms with Gasteiger partial charge in [-0.05, 0) is 24.3 Å². The van der Waals surface area contributed by atoms with Gasteiger partial charge in [0.1, 0.15) is 12.4 Å². The van der Waals surface area contributed by atoms with Crippen LogP contribution in [0.2, 0.25) is 0 Å². The zero-order valence-electron chi connectivity index (χ0n) is 11.1. The van der Waals surface area contributed by atoms with Gasteiger partial charge in [0.05, 0.1) is 12.7 Å². The molecule has 0 aliphatic heterocycles. The maximum Gasteiger partial charge on any atom is 0.119 e. The number of methoxy groups -OCH3 is 1. The number of nitriles is 1. The quantitative estimate of drug-likeness (QED) is 0.700. The third kappa shape index (κ3) is 7.16. The highest BCUT2D eigenvalue weighted by molar-refractivity contribution is 9.10. The van der Waals surface area contributed by atoms with Gasteiger partial charge in [0.2, 0.25) is 0 Å². The summed E-state index contributed by atoms with van der Waals surface area (Å²) in [6, 6.07) is 9.92. The van der Waals surface area contributed by atoms with E-state index < -0.39 is 0 Å². The van der Waals surface area contributed by atoms with Crippen LogP contribution in [0.4, 0.5) is 0 Å². The number of ether oxygens (including phenoxy) is 2. The third-order valence-corrected chi connectivity index (χ3v) is 3.17. The molecule has 0 fully saturated rings. The van der Waals surface area contributed by atoms with Crippen molar-refractivity contribution in [2.24, 2.45) is 0 Å². The Kier molecular flexibility index (Phi) is 8.23. The highest BCUT2D eigenvalue weighted by atomic mass is 79.9. The van der Waals surface area contributed by atoms with E-state index in [1.165, 1.54) is 0 Å². The first-order valence-corrected chi connectivity index (χ1v) is 7.02. The maximum absolute atomic E-state index is 8.63. The minimum Gasteiger partial charge on any atom is -0.492 e. The van der Waals surface area contributed by atoms with Crippen molar-refractivity contribution in [3.05, 3.63) is 28.7 Å². The summed E-state index contributed by atoms with van der Waals surface area (Å²) in [6.07, 6.45) is 0.530. The standard InChI is InChI=1S/C14H19BrN2O2/c1-18-11-9-17(8-2-7-16)10-12-19-14-5-3-13(15)4-6-14/h3-6H,2,8-12H2,1H3. The second kappa shape index (κ2) is 9.79. The summed E-state index contributed by atoms with van der Waals surface area (Å²) in [5, 5.41) is 8.63. The summed E-state index contributed by atoms with van der Waals surface area (Å²) in [5.74, 6) is 0.857. The summed E-state index contributed by atoms with van der Waals surface area (Å²) in [5.41, 5.74) is 0. The summed E-state index contributed by atoms with van der Waals surface area (Å²) in [7, 11) is 1.68. The van der Waals surface area contributed by atoms with Crippen LogP contribution in [0.5, 0.6) is 5.75 Å². The molecule has 0 bridgehead atoms. The normalized spacial score (nSPS) is 10.4. The maximum atomic E-state index is 8.63. The molecule has 0 aromatic heterocycles. The summed E-state index contributed by atoms with van der Waals surface area (Å²) in [4.78, 5) is 2.17. The van der Waals surface area contributed by atoms with Crippen LogP contribution in [0, 0.1) is 11.3 Å². The summed E-state index contributed by atoms with van der Waals surface area (Å²) < 4.78 is 11.8. The Labute approximate surface area is 123 Å². The Morgan fingerprint density at radius 3 is 2.47 bits per heavy atom. The van der Waals surface area contributed by atoms with Crippen LogP contribution in [0.3, 0.4) is 0 Å². The van der Waals surface area contributed by atoms with E-state index in [9.17, 15) is 0 Å². The molecule has 0 spiro atoms. The van der Waals surface area contributed by atoms with Crippen molar-refractivity contribution in [1.29, 1.82) is 5.26 Å². The molecule has 0 atom stereocenters. The van der Waals surface area contributed by atoms with Crippen molar-refractivity contribution >= 4 is 15.9 Å². The molecule has 0 aliphatic carbocycles. The van der Waals surface area contributed by atoms with Crippen molar-refractivity contribution < 1.29 is 9.47 Å². The van der Waals surface area contributed by atoms with E-state index in [-0.39, 0.29) is 0 Å². The van der Waals surface area contributed by atoms with E-state index in [0.717, 1.165) is 29.9 Å². The fourth-order valence-corrected chi connectivity index (χ4v) is 1.85. The fraction of sp³-hybridized carbons (Fsp3) is 0.500. The third-order valence-electron chi connectivity index (χ3n) is 2.64. The SMILES string of the molecule is COCCN(CCC#N)CCOc1ccc(Br)cc1. The van der Waals surface area contributed by atoms with Crippen LogP contribution < -0.4 is 4.74 Å². The van der Waals surface area contributed by atoms with Gasteiger partial charge in [0.15, 0.2) is 0 Å². The second-order valence-electron chi connectivity index (χ2n) is 4.04. The van der Waals surface area contributed by atoms with Crippen molar-refractivity contribution in [1.82, 2.24) is 4.90 Å². The lowest BCUT2D eigenvalue weighted by Gasteiger charge is -2.20. The smallest absolute Gasteiger partial charge is 0.119 e. The van der Waals surface area contributed by atoms with Crippen LogP contribution in [0.25, 0.3) is 0 Å². The number of hydrogen-bond acceptors (Lipinski definition) is 4. The molecule has 1 rings (SSSR count). The Morgan fingerprint density at radius 2 is 1.84 bits per heavy atom. The molecule has 1 aromatic carbocycles. The Balaban J connectivity index is 2.30. The van der Waals surface area contributed by atoms with E-state index >= 15 is 0 Å². The second-order valence-corrected chi connectivity index (χ2v) is 4.96. The molecule has 19 heavy (non-hydrogen) atoms. The topological polar surface area (TPSA) is 45.5 Å². The van der Waals surface area contributed by atoms with Crippen LogP contribution >= 0.6 is 15.9 Å². The molecule has 0 amide bonds. The monoisotopic (exact) mass is 326 g/mol. The van der Waals surface area contributed by atoms with E-state index in [1.54, 1.807) is 7.11 Å². The molecule has 0 heterocycles. The molecule has 0 aliphatic rings. The van der Waals surface area contributed by atoms with E-state index in [2.05, 4.69) is 26.9 Å². The summed E-state index contributed by atoms with van der Waals surface area (Å²) >= 11 is 3.39. The molecule has 4 nitrogen and oxygen atoms in total. The molecule has 104 valence electrons. The molecule has 0 radical (unpaired) electrons.